The number of alkyl halides is 2. The fraction of sp³-hybridized carbons (Fsp3) is 0.136. The average molecular weight is 448 g/mol. The lowest BCUT2D eigenvalue weighted by Gasteiger charge is -2.35. The van der Waals surface area contributed by atoms with Crippen LogP contribution in [0, 0.1) is 17.5 Å². The van der Waals surface area contributed by atoms with Gasteiger partial charge in [0.1, 0.15) is 29.5 Å². The summed E-state index contributed by atoms with van der Waals surface area (Å²) in [6.07, 6.45) is 2.77. The smallest absolute Gasteiger partial charge is 0.323 e. The molecule has 3 N–H and O–H groups in total. The van der Waals surface area contributed by atoms with Crippen molar-refractivity contribution in [2.75, 3.05) is 6.54 Å². The van der Waals surface area contributed by atoms with Gasteiger partial charge in [0.25, 0.3) is 0 Å². The Bertz CT molecular complexity index is 1130. The number of aliphatic imine (C=N–C) groups is 2. The van der Waals surface area contributed by atoms with Crippen LogP contribution in [-0.4, -0.2) is 29.3 Å². The summed E-state index contributed by atoms with van der Waals surface area (Å²) in [4.78, 5) is 10.7. The van der Waals surface area contributed by atoms with Crippen molar-refractivity contribution in [3.63, 3.8) is 0 Å². The Labute approximate surface area is 179 Å². The van der Waals surface area contributed by atoms with E-state index in [0.717, 1.165) is 31.0 Å². The van der Waals surface area contributed by atoms with Gasteiger partial charge in [0.05, 0.1) is 12.9 Å². The zero-order valence-electron chi connectivity index (χ0n) is 16.4. The summed E-state index contributed by atoms with van der Waals surface area (Å²) in [5, 5.41) is 11.0. The molecule has 2 aromatic carbocycles. The van der Waals surface area contributed by atoms with Gasteiger partial charge < -0.3 is 10.8 Å². The fourth-order valence-electron chi connectivity index (χ4n) is 3.04. The number of nitrogens with zero attached hydrogens (tertiary/aromatic N) is 3. The third-order valence-electron chi connectivity index (χ3n) is 4.71. The lowest BCUT2D eigenvalue weighted by atomic mass is 9.84. The lowest BCUT2D eigenvalue weighted by Crippen LogP contribution is -2.47. The molecular formula is C22H17F5N4O. The van der Waals surface area contributed by atoms with E-state index in [-0.39, 0.29) is 0 Å². The van der Waals surface area contributed by atoms with Crippen molar-refractivity contribution in [1.82, 2.24) is 4.98 Å². The molecule has 0 bridgehead atoms. The van der Waals surface area contributed by atoms with Gasteiger partial charge in [0.15, 0.2) is 5.60 Å². The largest absolute Gasteiger partial charge is 0.390 e. The standard InChI is InChI=1S/C22H17F5N4O/c23-16-4-1-14(2-5-16)15-3-8-20(31-10-15)22(26,27)21(32,11-29-13-30-12-28)18-7-6-17(24)9-19(18)25/h1-10,12-13,32H,11H2,(H2,28,29,30). The number of hydrogen-bond donors (Lipinski definition) is 2. The highest BCUT2D eigenvalue weighted by Crippen LogP contribution is 2.46. The van der Waals surface area contributed by atoms with E-state index >= 15 is 8.78 Å². The van der Waals surface area contributed by atoms with Crippen LogP contribution in [0.4, 0.5) is 22.0 Å². The molecule has 3 rings (SSSR count). The first-order chi connectivity index (χ1) is 15.2. The van der Waals surface area contributed by atoms with E-state index in [4.69, 9.17) is 5.73 Å². The molecule has 0 saturated carbocycles. The first-order valence-electron chi connectivity index (χ1n) is 9.19. The van der Waals surface area contributed by atoms with Crippen LogP contribution >= 0.6 is 0 Å². The molecule has 0 aliphatic heterocycles. The summed E-state index contributed by atoms with van der Waals surface area (Å²) < 4.78 is 71.8. The molecule has 0 radical (unpaired) electrons. The van der Waals surface area contributed by atoms with E-state index < -0.39 is 46.8 Å². The summed E-state index contributed by atoms with van der Waals surface area (Å²) in [6.45, 7) is -1.03. The number of benzene rings is 2. The Balaban J connectivity index is 2.05. The van der Waals surface area contributed by atoms with Crippen LogP contribution in [0.2, 0.25) is 0 Å². The lowest BCUT2D eigenvalue weighted by molar-refractivity contribution is -0.193. The summed E-state index contributed by atoms with van der Waals surface area (Å²) in [6, 6.07) is 9.38. The van der Waals surface area contributed by atoms with Crippen LogP contribution in [0.1, 0.15) is 11.3 Å². The topological polar surface area (TPSA) is 83.9 Å². The Morgan fingerprint density at radius 2 is 1.59 bits per heavy atom. The first kappa shape index (κ1) is 23.0. The van der Waals surface area contributed by atoms with Crippen molar-refractivity contribution >= 4 is 12.7 Å². The van der Waals surface area contributed by atoms with Crippen molar-refractivity contribution < 1.29 is 27.1 Å². The van der Waals surface area contributed by atoms with Crippen LogP contribution in [0.5, 0.6) is 0 Å². The van der Waals surface area contributed by atoms with E-state index in [1.54, 1.807) is 0 Å². The van der Waals surface area contributed by atoms with E-state index in [9.17, 15) is 18.3 Å². The molecule has 1 atom stereocenters. The molecule has 0 spiro atoms. The van der Waals surface area contributed by atoms with Gasteiger partial charge in [-0.1, -0.05) is 18.2 Å². The molecule has 10 heteroatoms. The number of aromatic nitrogens is 1. The highest BCUT2D eigenvalue weighted by atomic mass is 19.3. The Hall–Kier alpha value is -3.66. The molecule has 1 unspecified atom stereocenters. The van der Waals surface area contributed by atoms with Gasteiger partial charge in [-0.2, -0.15) is 8.78 Å². The molecule has 166 valence electrons. The molecule has 1 aromatic heterocycles. The predicted octanol–water partition coefficient (Wildman–Crippen LogP) is 4.16. The average Bonchev–Trinajstić information content (AvgIpc) is 2.77. The molecule has 0 aliphatic rings. The van der Waals surface area contributed by atoms with Crippen LogP contribution in [0.15, 0.2) is 70.8 Å². The van der Waals surface area contributed by atoms with Crippen molar-refractivity contribution in [2.45, 2.75) is 11.5 Å². The van der Waals surface area contributed by atoms with Crippen LogP contribution in [0.3, 0.4) is 0 Å². The van der Waals surface area contributed by atoms with Crippen molar-refractivity contribution in [3.05, 3.63) is 89.5 Å². The Morgan fingerprint density at radius 1 is 0.938 bits per heavy atom. The maximum atomic E-state index is 15.5. The van der Waals surface area contributed by atoms with E-state index in [1.807, 2.05) is 0 Å². The number of nitrogens with two attached hydrogens (primary N) is 1. The van der Waals surface area contributed by atoms with Gasteiger partial charge in [0, 0.05) is 23.4 Å². The number of halogens is 5. The monoisotopic (exact) mass is 448 g/mol. The minimum Gasteiger partial charge on any atom is -0.390 e. The third-order valence-corrected chi connectivity index (χ3v) is 4.71. The Morgan fingerprint density at radius 3 is 2.19 bits per heavy atom. The van der Waals surface area contributed by atoms with Crippen LogP contribution in [0.25, 0.3) is 11.1 Å². The van der Waals surface area contributed by atoms with Gasteiger partial charge in [-0.25, -0.2) is 18.2 Å². The summed E-state index contributed by atoms with van der Waals surface area (Å²) in [5.41, 5.74) is 1.01. The van der Waals surface area contributed by atoms with Gasteiger partial charge in [-0.15, -0.1) is 0 Å². The fourth-order valence-corrected chi connectivity index (χ4v) is 3.04. The number of rotatable bonds is 7. The minimum absolute atomic E-state index is 0.378. The van der Waals surface area contributed by atoms with Gasteiger partial charge in [-0.3, -0.25) is 9.98 Å². The van der Waals surface area contributed by atoms with Gasteiger partial charge in [0.2, 0.25) is 0 Å². The SMILES string of the molecule is NC=NC=NCC(O)(c1ccc(F)cc1F)C(F)(F)c1ccc(-c2ccc(F)cc2)cn1. The third kappa shape index (κ3) is 4.50. The van der Waals surface area contributed by atoms with Crippen molar-refractivity contribution in [1.29, 1.82) is 0 Å². The highest BCUT2D eigenvalue weighted by molar-refractivity contribution is 5.69. The summed E-state index contributed by atoms with van der Waals surface area (Å²) in [7, 11) is 0. The Kier molecular flexibility index (Phi) is 6.64. The molecule has 32 heavy (non-hydrogen) atoms. The van der Waals surface area contributed by atoms with E-state index in [2.05, 4.69) is 15.0 Å². The van der Waals surface area contributed by atoms with Gasteiger partial charge in [-0.05, 0) is 35.9 Å². The van der Waals surface area contributed by atoms with E-state index in [1.165, 1.54) is 30.3 Å². The van der Waals surface area contributed by atoms with Crippen LogP contribution < -0.4 is 5.73 Å². The second-order valence-electron chi connectivity index (χ2n) is 6.75. The second kappa shape index (κ2) is 9.23. The van der Waals surface area contributed by atoms with Crippen LogP contribution in [-0.2, 0) is 11.5 Å². The molecule has 0 saturated heterocycles. The molecule has 1 heterocycles. The molecule has 0 amide bonds. The molecule has 5 nitrogen and oxygen atoms in total. The molecule has 0 aliphatic carbocycles. The highest BCUT2D eigenvalue weighted by Gasteiger charge is 2.57. The number of pyridine rings is 1. The van der Waals surface area contributed by atoms with Gasteiger partial charge >= 0.3 is 5.92 Å². The normalized spacial score (nSPS) is 14.2. The predicted molar refractivity (Wildman–Crippen MR) is 110 cm³/mol. The van der Waals surface area contributed by atoms with Crippen molar-refractivity contribution in [2.24, 2.45) is 15.7 Å². The van der Waals surface area contributed by atoms with E-state index in [0.29, 0.717) is 23.3 Å². The maximum absolute atomic E-state index is 15.5. The number of aliphatic hydroxyl groups is 1. The molecule has 3 aromatic rings. The van der Waals surface area contributed by atoms with Crippen molar-refractivity contribution in [3.8, 4) is 11.1 Å². The second-order valence-corrected chi connectivity index (χ2v) is 6.75. The summed E-state index contributed by atoms with van der Waals surface area (Å²) in [5.74, 6) is -7.00. The maximum Gasteiger partial charge on any atom is 0.323 e. The summed E-state index contributed by atoms with van der Waals surface area (Å²) >= 11 is 0. The minimum atomic E-state index is -4.16. The molecular weight excluding hydrogens is 431 g/mol. The zero-order chi connectivity index (χ0) is 23.4. The quantitative estimate of drug-likeness (QED) is 0.323. The first-order valence-corrected chi connectivity index (χ1v) is 9.19. The number of hydrogen-bond acceptors (Lipinski definition) is 3. The zero-order valence-corrected chi connectivity index (χ0v) is 16.4. The molecule has 0 fully saturated rings.